The van der Waals surface area contributed by atoms with Crippen LogP contribution in [-0.4, -0.2) is 57.9 Å². The van der Waals surface area contributed by atoms with Gasteiger partial charge in [-0.2, -0.15) is 0 Å². The highest BCUT2D eigenvalue weighted by Gasteiger charge is 2.40. The SMILES string of the molecule is CC(C)(C)OC(=O)C1CN(C(=O)[C@@H](CNC(=O)c2ccc(C(C)(C)C)s2)Cc2ccc(-c3ncc(Br)cn3)cc2)C1. The number of carbonyl (C=O) groups excluding carboxylic acids is 3. The van der Waals surface area contributed by atoms with E-state index in [0.29, 0.717) is 30.2 Å². The summed E-state index contributed by atoms with van der Waals surface area (Å²) in [6.45, 7) is 12.6. The van der Waals surface area contributed by atoms with Crippen molar-refractivity contribution >= 4 is 45.1 Å². The van der Waals surface area contributed by atoms with Crippen molar-refractivity contribution in [2.24, 2.45) is 11.8 Å². The molecular formula is C31H37BrN4O4S. The molecular weight excluding hydrogens is 604 g/mol. The van der Waals surface area contributed by atoms with Gasteiger partial charge in [0.2, 0.25) is 5.91 Å². The van der Waals surface area contributed by atoms with Crippen LogP contribution in [-0.2, 0) is 26.2 Å². The number of aromatic nitrogens is 2. The fourth-order valence-corrected chi connectivity index (χ4v) is 5.58. The Morgan fingerprint density at radius 1 is 1.02 bits per heavy atom. The molecule has 1 fully saturated rings. The zero-order valence-corrected chi connectivity index (χ0v) is 26.8. The van der Waals surface area contributed by atoms with Gasteiger partial charge in [0.1, 0.15) is 5.60 Å². The zero-order valence-electron chi connectivity index (χ0n) is 24.4. The van der Waals surface area contributed by atoms with E-state index < -0.39 is 11.5 Å². The lowest BCUT2D eigenvalue weighted by atomic mass is 9.92. The molecule has 1 saturated heterocycles. The van der Waals surface area contributed by atoms with Gasteiger partial charge in [0, 0.05) is 42.5 Å². The number of thiophene rings is 1. The Morgan fingerprint density at radius 2 is 1.66 bits per heavy atom. The summed E-state index contributed by atoms with van der Waals surface area (Å²) in [7, 11) is 0. The molecule has 1 aromatic carbocycles. The summed E-state index contributed by atoms with van der Waals surface area (Å²) in [5.74, 6) is -0.785. The van der Waals surface area contributed by atoms with Crippen LogP contribution in [0.5, 0.6) is 0 Å². The number of carbonyl (C=O) groups is 3. The Hall–Kier alpha value is -3.11. The number of nitrogens with one attached hydrogen (secondary N) is 1. The number of hydrogen-bond donors (Lipinski definition) is 1. The zero-order chi connectivity index (χ0) is 29.9. The first-order chi connectivity index (χ1) is 19.2. The molecule has 0 spiro atoms. The number of benzene rings is 1. The second-order valence-electron chi connectivity index (χ2n) is 12.4. The van der Waals surface area contributed by atoms with Gasteiger partial charge in [-0.1, -0.05) is 45.0 Å². The fraction of sp³-hybridized carbons (Fsp3) is 0.452. The Bertz CT molecular complexity index is 1390. The van der Waals surface area contributed by atoms with E-state index in [-0.39, 0.29) is 35.7 Å². The summed E-state index contributed by atoms with van der Waals surface area (Å²) in [6, 6.07) is 11.6. The lowest BCUT2D eigenvalue weighted by Crippen LogP contribution is -2.57. The summed E-state index contributed by atoms with van der Waals surface area (Å²) in [5.41, 5.74) is 1.20. The van der Waals surface area contributed by atoms with Crippen molar-refractivity contribution in [3.05, 3.63) is 68.6 Å². The van der Waals surface area contributed by atoms with E-state index in [9.17, 15) is 14.4 Å². The quantitative estimate of drug-likeness (QED) is 0.319. The van der Waals surface area contributed by atoms with Gasteiger partial charge >= 0.3 is 5.97 Å². The highest BCUT2D eigenvalue weighted by Crippen LogP contribution is 2.30. The van der Waals surface area contributed by atoms with Crippen LogP contribution in [0.3, 0.4) is 0 Å². The van der Waals surface area contributed by atoms with Crippen molar-refractivity contribution < 1.29 is 19.1 Å². The van der Waals surface area contributed by atoms with Gasteiger partial charge in [0.15, 0.2) is 5.82 Å². The standard InChI is InChI=1S/C31H37BrN4O4S/c1-30(2,3)25-12-11-24(41-25)27(37)35-14-21(28(38)36-17-22(18-36)29(39)40-31(4,5)6)13-19-7-9-20(10-8-19)26-33-15-23(32)16-34-26/h7-12,15-16,21-22H,13-14,17-18H2,1-6H3,(H,35,37)/t21-/m1/s1. The second-order valence-corrected chi connectivity index (χ2v) is 14.4. The van der Waals surface area contributed by atoms with Crippen LogP contribution in [0.4, 0.5) is 0 Å². The van der Waals surface area contributed by atoms with Crippen LogP contribution in [0, 0.1) is 11.8 Å². The van der Waals surface area contributed by atoms with E-state index in [1.165, 1.54) is 11.3 Å². The molecule has 10 heteroatoms. The van der Waals surface area contributed by atoms with E-state index in [1.54, 1.807) is 17.3 Å². The van der Waals surface area contributed by atoms with Crippen molar-refractivity contribution in [3.63, 3.8) is 0 Å². The molecule has 1 atom stereocenters. The van der Waals surface area contributed by atoms with Crippen LogP contribution in [0.25, 0.3) is 11.4 Å². The van der Waals surface area contributed by atoms with Crippen molar-refractivity contribution in [3.8, 4) is 11.4 Å². The smallest absolute Gasteiger partial charge is 0.313 e. The number of esters is 1. The first kappa shape index (κ1) is 30.8. The van der Waals surface area contributed by atoms with E-state index in [4.69, 9.17) is 4.74 Å². The average molecular weight is 642 g/mol. The third kappa shape index (κ3) is 8.23. The van der Waals surface area contributed by atoms with Crippen LogP contribution in [0.15, 0.2) is 53.3 Å². The number of ether oxygens (including phenoxy) is 1. The van der Waals surface area contributed by atoms with Gasteiger partial charge in [-0.05, 0) is 66.2 Å². The molecule has 1 aliphatic rings. The average Bonchev–Trinajstić information content (AvgIpc) is 3.36. The molecule has 0 unspecified atom stereocenters. The fourth-order valence-electron chi connectivity index (χ4n) is 4.40. The van der Waals surface area contributed by atoms with Crippen molar-refractivity contribution in [2.45, 2.75) is 59.0 Å². The first-order valence-electron chi connectivity index (χ1n) is 13.7. The maximum atomic E-state index is 13.6. The van der Waals surface area contributed by atoms with E-state index in [0.717, 1.165) is 20.5 Å². The molecule has 2 aromatic heterocycles. The van der Waals surface area contributed by atoms with E-state index in [2.05, 4.69) is 52.0 Å². The second kappa shape index (κ2) is 12.4. The largest absolute Gasteiger partial charge is 0.460 e. The van der Waals surface area contributed by atoms with Crippen molar-refractivity contribution in [1.82, 2.24) is 20.2 Å². The predicted octanol–water partition coefficient (Wildman–Crippen LogP) is 5.65. The van der Waals surface area contributed by atoms with Gasteiger partial charge in [-0.3, -0.25) is 14.4 Å². The molecule has 1 aliphatic heterocycles. The van der Waals surface area contributed by atoms with Gasteiger partial charge in [0.05, 0.1) is 21.2 Å². The molecule has 3 heterocycles. The number of halogens is 1. The van der Waals surface area contributed by atoms with Crippen LogP contribution in [0.2, 0.25) is 0 Å². The van der Waals surface area contributed by atoms with Gasteiger partial charge in [-0.25, -0.2) is 9.97 Å². The number of amides is 2. The summed E-state index contributed by atoms with van der Waals surface area (Å²) >= 11 is 4.82. The molecule has 2 amide bonds. The third-order valence-electron chi connectivity index (χ3n) is 6.68. The minimum Gasteiger partial charge on any atom is -0.460 e. The monoisotopic (exact) mass is 640 g/mol. The molecule has 41 heavy (non-hydrogen) atoms. The minimum absolute atomic E-state index is 0.0443. The Kier molecular flexibility index (Phi) is 9.33. The molecule has 0 bridgehead atoms. The molecule has 3 aromatic rings. The maximum Gasteiger partial charge on any atom is 0.313 e. The topological polar surface area (TPSA) is 101 Å². The molecule has 1 N–H and O–H groups in total. The summed E-state index contributed by atoms with van der Waals surface area (Å²) in [5, 5.41) is 2.98. The highest BCUT2D eigenvalue weighted by molar-refractivity contribution is 9.10. The lowest BCUT2D eigenvalue weighted by molar-refractivity contribution is -0.168. The molecule has 218 valence electrons. The molecule has 0 aliphatic carbocycles. The first-order valence-corrected chi connectivity index (χ1v) is 15.3. The van der Waals surface area contributed by atoms with E-state index >= 15 is 0 Å². The van der Waals surface area contributed by atoms with Gasteiger partial charge in [-0.15, -0.1) is 11.3 Å². The lowest BCUT2D eigenvalue weighted by Gasteiger charge is -2.40. The van der Waals surface area contributed by atoms with Gasteiger partial charge < -0.3 is 15.0 Å². The number of nitrogens with zero attached hydrogens (tertiary/aromatic N) is 3. The van der Waals surface area contributed by atoms with Crippen LogP contribution < -0.4 is 5.32 Å². The third-order valence-corrected chi connectivity index (χ3v) is 8.59. The summed E-state index contributed by atoms with van der Waals surface area (Å²) < 4.78 is 6.29. The molecule has 4 rings (SSSR count). The van der Waals surface area contributed by atoms with Crippen LogP contribution in [0.1, 0.15) is 61.7 Å². The van der Waals surface area contributed by atoms with Crippen LogP contribution >= 0.6 is 27.3 Å². The predicted molar refractivity (Wildman–Crippen MR) is 164 cm³/mol. The molecule has 0 radical (unpaired) electrons. The van der Waals surface area contributed by atoms with E-state index in [1.807, 2.05) is 57.2 Å². The highest BCUT2D eigenvalue weighted by atomic mass is 79.9. The van der Waals surface area contributed by atoms with Crippen molar-refractivity contribution in [2.75, 3.05) is 19.6 Å². The molecule has 0 saturated carbocycles. The Labute approximate surface area is 254 Å². The Balaban J connectivity index is 1.45. The number of rotatable bonds is 8. The summed E-state index contributed by atoms with van der Waals surface area (Å²) in [4.78, 5) is 51.2. The number of hydrogen-bond acceptors (Lipinski definition) is 7. The summed E-state index contributed by atoms with van der Waals surface area (Å²) in [6.07, 6.45) is 3.83. The Morgan fingerprint density at radius 3 is 2.22 bits per heavy atom. The number of likely N-dealkylation sites (tertiary alicyclic amines) is 1. The minimum atomic E-state index is -0.573. The van der Waals surface area contributed by atoms with Crippen molar-refractivity contribution in [1.29, 1.82) is 0 Å². The molecule has 8 nitrogen and oxygen atoms in total. The maximum absolute atomic E-state index is 13.6. The van der Waals surface area contributed by atoms with Gasteiger partial charge in [0.25, 0.3) is 5.91 Å². The normalized spacial score (nSPS) is 14.8.